The van der Waals surface area contributed by atoms with E-state index in [0.29, 0.717) is 23.9 Å². The molecule has 0 saturated carbocycles. The Labute approximate surface area is 164 Å². The van der Waals surface area contributed by atoms with E-state index in [1.807, 2.05) is 44.2 Å². The molecular weight excluding hydrogens is 355 g/mol. The lowest BCUT2D eigenvalue weighted by molar-refractivity contribution is 0.0934. The van der Waals surface area contributed by atoms with Crippen molar-refractivity contribution in [3.8, 4) is 11.4 Å². The van der Waals surface area contributed by atoms with E-state index < -0.39 is 0 Å². The summed E-state index contributed by atoms with van der Waals surface area (Å²) in [6.07, 6.45) is 0.831. The van der Waals surface area contributed by atoms with E-state index in [9.17, 15) is 9.18 Å². The van der Waals surface area contributed by atoms with Gasteiger partial charge in [-0.3, -0.25) is 4.79 Å². The molecule has 2 aromatic carbocycles. The van der Waals surface area contributed by atoms with Gasteiger partial charge in [0.2, 0.25) is 0 Å². The van der Waals surface area contributed by atoms with Gasteiger partial charge in [0.25, 0.3) is 5.91 Å². The Morgan fingerprint density at radius 3 is 2.46 bits per heavy atom. The van der Waals surface area contributed by atoms with E-state index in [4.69, 9.17) is 0 Å². The Morgan fingerprint density at radius 2 is 1.79 bits per heavy atom. The fourth-order valence-corrected chi connectivity index (χ4v) is 2.57. The number of benzene rings is 2. The molecule has 1 amide bonds. The molecule has 3 rings (SSSR count). The van der Waals surface area contributed by atoms with Crippen LogP contribution < -0.4 is 10.6 Å². The topological polar surface area (TPSA) is 66.9 Å². The molecule has 6 heteroatoms. The third-order valence-electron chi connectivity index (χ3n) is 4.37. The molecule has 1 atom stereocenters. The minimum atomic E-state index is -0.277. The molecule has 0 saturated heterocycles. The van der Waals surface area contributed by atoms with Gasteiger partial charge >= 0.3 is 0 Å². The number of halogens is 1. The summed E-state index contributed by atoms with van der Waals surface area (Å²) < 4.78 is 13.1. The molecule has 2 N–H and O–H groups in total. The van der Waals surface area contributed by atoms with Crippen molar-refractivity contribution >= 4 is 11.7 Å². The predicted molar refractivity (Wildman–Crippen MR) is 108 cm³/mol. The number of hydrogen-bond donors (Lipinski definition) is 2. The predicted octanol–water partition coefficient (Wildman–Crippen LogP) is 4.42. The van der Waals surface area contributed by atoms with Gasteiger partial charge in [0.15, 0.2) is 5.82 Å². The maximum Gasteiger partial charge on any atom is 0.270 e. The van der Waals surface area contributed by atoms with Crippen LogP contribution in [0.3, 0.4) is 0 Å². The molecule has 0 spiro atoms. The highest BCUT2D eigenvalue weighted by Gasteiger charge is 2.14. The SMILES string of the molecule is CCC(C)NC(=O)c1cc(NCc2ccc(F)cc2)nc(-c2ccccc2)n1. The first-order valence-corrected chi connectivity index (χ1v) is 9.29. The zero-order chi connectivity index (χ0) is 19.9. The minimum Gasteiger partial charge on any atom is -0.366 e. The summed E-state index contributed by atoms with van der Waals surface area (Å²) in [4.78, 5) is 21.6. The summed E-state index contributed by atoms with van der Waals surface area (Å²) in [5, 5.41) is 6.13. The highest BCUT2D eigenvalue weighted by Crippen LogP contribution is 2.18. The number of carbonyl (C=O) groups excluding carboxylic acids is 1. The average molecular weight is 378 g/mol. The summed E-state index contributed by atoms with van der Waals surface area (Å²) >= 11 is 0. The van der Waals surface area contributed by atoms with Crippen LogP contribution in [0.5, 0.6) is 0 Å². The third-order valence-corrected chi connectivity index (χ3v) is 4.37. The van der Waals surface area contributed by atoms with Crippen molar-refractivity contribution in [3.05, 3.63) is 77.7 Å². The molecule has 0 aliphatic heterocycles. The number of aromatic nitrogens is 2. The molecule has 28 heavy (non-hydrogen) atoms. The summed E-state index contributed by atoms with van der Waals surface area (Å²) in [5.41, 5.74) is 2.04. The van der Waals surface area contributed by atoms with Gasteiger partial charge in [0.05, 0.1) is 0 Å². The third kappa shape index (κ3) is 5.13. The maximum atomic E-state index is 13.1. The number of anilines is 1. The fourth-order valence-electron chi connectivity index (χ4n) is 2.57. The van der Waals surface area contributed by atoms with Crippen molar-refractivity contribution in [1.82, 2.24) is 15.3 Å². The van der Waals surface area contributed by atoms with Crippen LogP contribution in [0.4, 0.5) is 10.2 Å². The molecule has 1 heterocycles. The summed E-state index contributed by atoms with van der Waals surface area (Å²) in [6.45, 7) is 4.42. The van der Waals surface area contributed by atoms with Crippen molar-refractivity contribution in [2.24, 2.45) is 0 Å². The van der Waals surface area contributed by atoms with E-state index in [2.05, 4.69) is 20.6 Å². The van der Waals surface area contributed by atoms with Crippen LogP contribution >= 0.6 is 0 Å². The van der Waals surface area contributed by atoms with Crippen LogP contribution in [0.25, 0.3) is 11.4 Å². The molecule has 0 bridgehead atoms. The lowest BCUT2D eigenvalue weighted by Crippen LogP contribution is -2.32. The lowest BCUT2D eigenvalue weighted by atomic mass is 10.2. The van der Waals surface area contributed by atoms with Gasteiger partial charge in [0, 0.05) is 24.2 Å². The Hall–Kier alpha value is -3.28. The highest BCUT2D eigenvalue weighted by molar-refractivity contribution is 5.93. The smallest absolute Gasteiger partial charge is 0.270 e. The van der Waals surface area contributed by atoms with Gasteiger partial charge in [-0.1, -0.05) is 49.4 Å². The van der Waals surface area contributed by atoms with Crippen molar-refractivity contribution < 1.29 is 9.18 Å². The van der Waals surface area contributed by atoms with Crippen LogP contribution in [-0.2, 0) is 6.54 Å². The first kappa shape index (κ1) is 19.5. The van der Waals surface area contributed by atoms with Crippen LogP contribution in [0.1, 0.15) is 36.3 Å². The van der Waals surface area contributed by atoms with E-state index in [1.165, 1.54) is 12.1 Å². The van der Waals surface area contributed by atoms with E-state index in [0.717, 1.165) is 17.5 Å². The molecular formula is C22H23FN4O. The number of carbonyl (C=O) groups is 1. The Morgan fingerprint density at radius 1 is 1.07 bits per heavy atom. The summed E-state index contributed by atoms with van der Waals surface area (Å²) in [5.74, 6) is 0.492. The molecule has 0 aliphatic rings. The largest absolute Gasteiger partial charge is 0.366 e. The van der Waals surface area contributed by atoms with Gasteiger partial charge in [-0.2, -0.15) is 0 Å². The highest BCUT2D eigenvalue weighted by atomic mass is 19.1. The fraction of sp³-hybridized carbons (Fsp3) is 0.227. The molecule has 1 unspecified atom stereocenters. The minimum absolute atomic E-state index is 0.0539. The van der Waals surface area contributed by atoms with Gasteiger partial charge in [0.1, 0.15) is 17.3 Å². The van der Waals surface area contributed by atoms with Crippen LogP contribution in [-0.4, -0.2) is 21.9 Å². The average Bonchev–Trinajstić information content (AvgIpc) is 2.73. The van der Waals surface area contributed by atoms with Crippen LogP contribution in [0, 0.1) is 5.82 Å². The van der Waals surface area contributed by atoms with Crippen LogP contribution in [0.15, 0.2) is 60.7 Å². The van der Waals surface area contributed by atoms with E-state index in [-0.39, 0.29) is 17.8 Å². The summed E-state index contributed by atoms with van der Waals surface area (Å²) in [6, 6.07) is 17.4. The normalized spacial score (nSPS) is 11.7. The van der Waals surface area contributed by atoms with Gasteiger partial charge < -0.3 is 10.6 Å². The van der Waals surface area contributed by atoms with E-state index >= 15 is 0 Å². The number of rotatable bonds is 7. The number of amides is 1. The Balaban J connectivity index is 1.88. The number of nitrogens with zero attached hydrogens (tertiary/aromatic N) is 2. The van der Waals surface area contributed by atoms with Gasteiger partial charge in [-0.05, 0) is 31.0 Å². The molecule has 0 fully saturated rings. The standard InChI is InChI=1S/C22H23FN4O/c1-3-15(2)25-22(28)19-13-20(24-14-16-9-11-18(23)12-10-16)27-21(26-19)17-7-5-4-6-8-17/h4-13,15H,3,14H2,1-2H3,(H,25,28)(H,24,26,27). The van der Waals surface area contributed by atoms with Crippen molar-refractivity contribution in [2.75, 3.05) is 5.32 Å². The second-order valence-corrected chi connectivity index (χ2v) is 6.59. The second kappa shape index (κ2) is 9.08. The zero-order valence-electron chi connectivity index (χ0n) is 15.9. The van der Waals surface area contributed by atoms with E-state index in [1.54, 1.807) is 18.2 Å². The molecule has 0 radical (unpaired) electrons. The van der Waals surface area contributed by atoms with Gasteiger partial charge in [-0.15, -0.1) is 0 Å². The van der Waals surface area contributed by atoms with Crippen molar-refractivity contribution in [2.45, 2.75) is 32.9 Å². The number of hydrogen-bond acceptors (Lipinski definition) is 4. The zero-order valence-corrected chi connectivity index (χ0v) is 15.9. The first-order valence-electron chi connectivity index (χ1n) is 9.29. The molecule has 5 nitrogen and oxygen atoms in total. The molecule has 144 valence electrons. The maximum absolute atomic E-state index is 13.1. The van der Waals surface area contributed by atoms with Crippen LogP contribution in [0.2, 0.25) is 0 Å². The second-order valence-electron chi connectivity index (χ2n) is 6.59. The van der Waals surface area contributed by atoms with Crippen molar-refractivity contribution in [3.63, 3.8) is 0 Å². The molecule has 0 aliphatic carbocycles. The lowest BCUT2D eigenvalue weighted by Gasteiger charge is -2.13. The van der Waals surface area contributed by atoms with Gasteiger partial charge in [-0.25, -0.2) is 14.4 Å². The van der Waals surface area contributed by atoms with Crippen molar-refractivity contribution in [1.29, 1.82) is 0 Å². The first-order chi connectivity index (χ1) is 13.5. The molecule has 3 aromatic rings. The molecule has 1 aromatic heterocycles. The Kier molecular flexibility index (Phi) is 6.32. The Bertz CT molecular complexity index is 929. The monoisotopic (exact) mass is 378 g/mol. The number of nitrogens with one attached hydrogen (secondary N) is 2. The summed E-state index contributed by atoms with van der Waals surface area (Å²) in [7, 11) is 0. The quantitative estimate of drug-likeness (QED) is 0.639.